The number of alkyl halides is 3. The molecule has 0 aliphatic carbocycles. The van der Waals surface area contributed by atoms with E-state index in [4.69, 9.17) is 0 Å². The molecule has 0 saturated heterocycles. The number of rotatable bonds is 3. The molecular formula is C17H17F3. The fourth-order valence-corrected chi connectivity index (χ4v) is 2.49. The molecule has 0 heterocycles. The van der Waals surface area contributed by atoms with Crippen LogP contribution < -0.4 is 0 Å². The molecule has 3 heteroatoms. The third kappa shape index (κ3) is 2.87. The van der Waals surface area contributed by atoms with E-state index in [2.05, 4.69) is 19.9 Å². The van der Waals surface area contributed by atoms with Crippen molar-refractivity contribution in [2.24, 2.45) is 0 Å². The lowest BCUT2D eigenvalue weighted by Crippen LogP contribution is -2.04. The molecule has 0 unspecified atom stereocenters. The third-order valence-electron chi connectivity index (χ3n) is 3.53. The van der Waals surface area contributed by atoms with Crippen molar-refractivity contribution in [3.63, 3.8) is 0 Å². The first kappa shape index (κ1) is 14.6. The van der Waals surface area contributed by atoms with Crippen molar-refractivity contribution in [1.29, 1.82) is 0 Å². The van der Waals surface area contributed by atoms with Gasteiger partial charge >= 0.3 is 6.18 Å². The molecule has 0 bridgehead atoms. The Hall–Kier alpha value is -1.77. The number of benzene rings is 2. The predicted molar refractivity (Wildman–Crippen MR) is 75.6 cm³/mol. The Morgan fingerprint density at radius 3 is 2.00 bits per heavy atom. The van der Waals surface area contributed by atoms with Gasteiger partial charge in [-0.15, -0.1) is 0 Å². The molecule has 0 N–H and O–H groups in total. The molecule has 20 heavy (non-hydrogen) atoms. The number of hydrogen-bond donors (Lipinski definition) is 0. The van der Waals surface area contributed by atoms with Gasteiger partial charge in [-0.25, -0.2) is 0 Å². The highest BCUT2D eigenvalue weighted by atomic mass is 19.4. The number of halogens is 3. The highest BCUT2D eigenvalue weighted by Gasteiger charge is 2.30. The maximum Gasteiger partial charge on any atom is 0.416 e. The van der Waals surface area contributed by atoms with Gasteiger partial charge in [-0.05, 0) is 47.2 Å². The second-order valence-corrected chi connectivity index (χ2v) is 4.73. The number of aryl methyl sites for hydroxylation is 1. The molecule has 0 amide bonds. The first-order valence-electron chi connectivity index (χ1n) is 6.75. The van der Waals surface area contributed by atoms with Crippen molar-refractivity contribution in [2.75, 3.05) is 0 Å². The SMILES string of the molecule is CCc1cccc(-c2ccc(C(F)(F)F)cc2)c1CC. The third-order valence-corrected chi connectivity index (χ3v) is 3.53. The Morgan fingerprint density at radius 2 is 1.50 bits per heavy atom. The monoisotopic (exact) mass is 278 g/mol. The fraction of sp³-hybridized carbons (Fsp3) is 0.294. The van der Waals surface area contributed by atoms with E-state index in [9.17, 15) is 13.2 Å². The Bertz CT molecular complexity index is 580. The predicted octanol–water partition coefficient (Wildman–Crippen LogP) is 5.50. The summed E-state index contributed by atoms with van der Waals surface area (Å²) in [5.41, 5.74) is 3.73. The van der Waals surface area contributed by atoms with Crippen molar-refractivity contribution >= 4 is 0 Å². The summed E-state index contributed by atoms with van der Waals surface area (Å²) in [6.07, 6.45) is -2.48. The summed E-state index contributed by atoms with van der Waals surface area (Å²) in [7, 11) is 0. The molecule has 0 nitrogen and oxygen atoms in total. The Balaban J connectivity index is 2.47. The van der Waals surface area contributed by atoms with E-state index in [0.29, 0.717) is 0 Å². The minimum atomic E-state index is -4.28. The van der Waals surface area contributed by atoms with E-state index < -0.39 is 11.7 Å². The zero-order valence-electron chi connectivity index (χ0n) is 11.6. The minimum Gasteiger partial charge on any atom is -0.166 e. The van der Waals surface area contributed by atoms with Gasteiger partial charge in [-0.2, -0.15) is 13.2 Å². The van der Waals surface area contributed by atoms with Crippen LogP contribution in [0.4, 0.5) is 13.2 Å². The van der Waals surface area contributed by atoms with Crippen LogP contribution >= 0.6 is 0 Å². The first-order chi connectivity index (χ1) is 9.47. The van der Waals surface area contributed by atoms with Crippen molar-refractivity contribution in [1.82, 2.24) is 0 Å². The molecule has 0 aliphatic heterocycles. The van der Waals surface area contributed by atoms with Crippen LogP contribution in [0.5, 0.6) is 0 Å². The molecule has 0 aliphatic rings. The summed E-state index contributed by atoms with van der Waals surface area (Å²) in [6, 6.07) is 11.4. The van der Waals surface area contributed by atoms with Crippen LogP contribution in [0.25, 0.3) is 11.1 Å². The quantitative estimate of drug-likeness (QED) is 0.695. The van der Waals surface area contributed by atoms with Crippen LogP contribution in [0.2, 0.25) is 0 Å². The van der Waals surface area contributed by atoms with Gasteiger partial charge in [0.2, 0.25) is 0 Å². The largest absolute Gasteiger partial charge is 0.416 e. The average Bonchev–Trinajstić information content (AvgIpc) is 2.45. The molecule has 0 radical (unpaired) electrons. The maximum atomic E-state index is 12.6. The van der Waals surface area contributed by atoms with Crippen LogP contribution in [0.3, 0.4) is 0 Å². The highest BCUT2D eigenvalue weighted by molar-refractivity contribution is 5.69. The average molecular weight is 278 g/mol. The molecule has 2 aromatic carbocycles. The van der Waals surface area contributed by atoms with E-state index in [1.165, 1.54) is 11.1 Å². The molecule has 0 saturated carbocycles. The summed E-state index contributed by atoms with van der Waals surface area (Å²) in [5, 5.41) is 0. The minimum absolute atomic E-state index is 0.606. The molecule has 0 spiro atoms. The van der Waals surface area contributed by atoms with Crippen LogP contribution in [0.15, 0.2) is 42.5 Å². The van der Waals surface area contributed by atoms with Gasteiger partial charge in [0, 0.05) is 0 Å². The second-order valence-electron chi connectivity index (χ2n) is 4.73. The van der Waals surface area contributed by atoms with Crippen LogP contribution in [-0.4, -0.2) is 0 Å². The lowest BCUT2D eigenvalue weighted by atomic mass is 9.92. The Kier molecular flexibility index (Phi) is 4.17. The van der Waals surface area contributed by atoms with Gasteiger partial charge in [-0.1, -0.05) is 44.2 Å². The summed E-state index contributed by atoms with van der Waals surface area (Å²) in [6.45, 7) is 4.16. The summed E-state index contributed by atoms with van der Waals surface area (Å²) in [5.74, 6) is 0. The van der Waals surface area contributed by atoms with Gasteiger partial charge in [0.25, 0.3) is 0 Å². The van der Waals surface area contributed by atoms with Gasteiger partial charge in [0.05, 0.1) is 5.56 Å². The van der Waals surface area contributed by atoms with E-state index in [1.807, 2.05) is 12.1 Å². The van der Waals surface area contributed by atoms with Crippen LogP contribution in [0.1, 0.15) is 30.5 Å². The molecular weight excluding hydrogens is 261 g/mol. The van der Waals surface area contributed by atoms with E-state index in [0.717, 1.165) is 36.1 Å². The van der Waals surface area contributed by atoms with Gasteiger partial charge in [0.15, 0.2) is 0 Å². The standard InChI is InChI=1S/C17H17F3/c1-3-12-6-5-7-16(15(12)4-2)13-8-10-14(11-9-13)17(18,19)20/h5-11H,3-4H2,1-2H3. The Labute approximate surface area is 117 Å². The zero-order valence-corrected chi connectivity index (χ0v) is 11.6. The lowest BCUT2D eigenvalue weighted by molar-refractivity contribution is -0.137. The number of hydrogen-bond acceptors (Lipinski definition) is 0. The van der Waals surface area contributed by atoms with E-state index in [1.54, 1.807) is 12.1 Å². The van der Waals surface area contributed by atoms with Gasteiger partial charge in [0.1, 0.15) is 0 Å². The Morgan fingerprint density at radius 1 is 0.850 bits per heavy atom. The van der Waals surface area contributed by atoms with E-state index in [-0.39, 0.29) is 0 Å². The zero-order chi connectivity index (χ0) is 14.8. The molecule has 106 valence electrons. The van der Waals surface area contributed by atoms with Crippen molar-refractivity contribution in [2.45, 2.75) is 32.9 Å². The first-order valence-corrected chi connectivity index (χ1v) is 6.75. The fourth-order valence-electron chi connectivity index (χ4n) is 2.49. The van der Waals surface area contributed by atoms with E-state index >= 15 is 0 Å². The van der Waals surface area contributed by atoms with Crippen molar-refractivity contribution in [3.8, 4) is 11.1 Å². The summed E-state index contributed by atoms with van der Waals surface area (Å²) < 4.78 is 37.8. The van der Waals surface area contributed by atoms with Crippen molar-refractivity contribution in [3.05, 3.63) is 59.2 Å². The normalized spacial score (nSPS) is 11.7. The molecule has 0 atom stereocenters. The van der Waals surface area contributed by atoms with Crippen LogP contribution in [0, 0.1) is 0 Å². The van der Waals surface area contributed by atoms with Gasteiger partial charge < -0.3 is 0 Å². The van der Waals surface area contributed by atoms with Crippen LogP contribution in [-0.2, 0) is 19.0 Å². The second kappa shape index (κ2) is 5.70. The van der Waals surface area contributed by atoms with Gasteiger partial charge in [-0.3, -0.25) is 0 Å². The van der Waals surface area contributed by atoms with Crippen molar-refractivity contribution < 1.29 is 13.2 Å². The molecule has 2 rings (SSSR count). The smallest absolute Gasteiger partial charge is 0.166 e. The molecule has 0 fully saturated rings. The topological polar surface area (TPSA) is 0 Å². The summed E-state index contributed by atoms with van der Waals surface area (Å²) in [4.78, 5) is 0. The summed E-state index contributed by atoms with van der Waals surface area (Å²) >= 11 is 0. The molecule has 2 aromatic rings. The molecule has 0 aromatic heterocycles. The highest BCUT2D eigenvalue weighted by Crippen LogP contribution is 2.32. The lowest BCUT2D eigenvalue weighted by Gasteiger charge is -2.13. The maximum absolute atomic E-state index is 12.6.